The van der Waals surface area contributed by atoms with Crippen molar-refractivity contribution in [3.05, 3.63) is 33.8 Å². The first-order chi connectivity index (χ1) is 6.07. The first kappa shape index (κ1) is 10.6. The highest BCUT2D eigenvalue weighted by atomic mass is 35.5. The number of aryl methyl sites for hydroxylation is 1. The number of aliphatic hydroxyl groups excluding tert-OH is 1. The minimum absolute atomic E-state index is 0.0694. The van der Waals surface area contributed by atoms with Gasteiger partial charge in [-0.15, -0.1) is 0 Å². The summed E-state index contributed by atoms with van der Waals surface area (Å²) in [7, 11) is 0. The van der Waals surface area contributed by atoms with Crippen LogP contribution in [0, 0.1) is 6.92 Å². The Kier molecular flexibility index (Phi) is 3.34. The molecular formula is C11H15ClO. The van der Waals surface area contributed by atoms with E-state index in [2.05, 4.69) is 13.8 Å². The van der Waals surface area contributed by atoms with Gasteiger partial charge in [0.05, 0.1) is 6.61 Å². The fraction of sp³-hybridized carbons (Fsp3) is 0.455. The van der Waals surface area contributed by atoms with Gasteiger partial charge in [-0.3, -0.25) is 0 Å². The molecule has 2 heteroatoms. The Morgan fingerprint density at radius 3 is 2.38 bits per heavy atom. The molecule has 72 valence electrons. The topological polar surface area (TPSA) is 20.2 Å². The Bertz CT molecular complexity index is 305. The highest BCUT2D eigenvalue weighted by Crippen LogP contribution is 2.29. The van der Waals surface area contributed by atoms with Gasteiger partial charge in [0, 0.05) is 5.02 Å². The molecule has 0 amide bonds. The van der Waals surface area contributed by atoms with E-state index in [0.29, 0.717) is 5.92 Å². The van der Waals surface area contributed by atoms with E-state index in [9.17, 15) is 5.11 Å². The number of hydrogen-bond acceptors (Lipinski definition) is 1. The molecule has 1 aromatic carbocycles. The average molecular weight is 199 g/mol. The Morgan fingerprint density at radius 2 is 2.00 bits per heavy atom. The molecule has 0 heterocycles. The smallest absolute Gasteiger partial charge is 0.0687 e. The Labute approximate surface area is 84.4 Å². The summed E-state index contributed by atoms with van der Waals surface area (Å²) in [5, 5.41) is 9.97. The largest absolute Gasteiger partial charge is 0.392 e. The SMILES string of the molecule is Cc1ccc(Cl)c(C(C)C)c1CO. The van der Waals surface area contributed by atoms with Crippen molar-refractivity contribution in [1.82, 2.24) is 0 Å². The normalized spacial score (nSPS) is 10.9. The van der Waals surface area contributed by atoms with Gasteiger partial charge >= 0.3 is 0 Å². The van der Waals surface area contributed by atoms with Crippen LogP contribution in [-0.4, -0.2) is 5.11 Å². The number of aliphatic hydroxyl groups is 1. The number of benzene rings is 1. The molecule has 0 atom stereocenters. The van der Waals surface area contributed by atoms with E-state index < -0.39 is 0 Å². The second-order valence-electron chi connectivity index (χ2n) is 3.57. The predicted molar refractivity (Wildman–Crippen MR) is 56.2 cm³/mol. The standard InChI is InChI=1S/C11H15ClO/c1-7(2)11-9(6-13)8(3)4-5-10(11)12/h4-5,7,13H,6H2,1-3H3. The van der Waals surface area contributed by atoms with Crippen LogP contribution in [0.5, 0.6) is 0 Å². The molecule has 0 aliphatic rings. The molecule has 1 N–H and O–H groups in total. The first-order valence-electron chi connectivity index (χ1n) is 4.46. The number of hydrogen-bond donors (Lipinski definition) is 1. The summed E-state index contributed by atoms with van der Waals surface area (Å²) in [5.41, 5.74) is 3.15. The summed E-state index contributed by atoms with van der Waals surface area (Å²) < 4.78 is 0. The zero-order valence-electron chi connectivity index (χ0n) is 8.26. The van der Waals surface area contributed by atoms with E-state index in [0.717, 1.165) is 21.7 Å². The third-order valence-corrected chi connectivity index (χ3v) is 2.60. The highest BCUT2D eigenvalue weighted by molar-refractivity contribution is 6.31. The summed E-state index contributed by atoms with van der Waals surface area (Å²) in [6.07, 6.45) is 0. The van der Waals surface area contributed by atoms with Crippen LogP contribution >= 0.6 is 11.6 Å². The van der Waals surface area contributed by atoms with Crippen LogP contribution in [0.3, 0.4) is 0 Å². The molecular weight excluding hydrogens is 184 g/mol. The van der Waals surface area contributed by atoms with E-state index in [4.69, 9.17) is 11.6 Å². The van der Waals surface area contributed by atoms with Gasteiger partial charge in [-0.05, 0) is 35.6 Å². The maximum atomic E-state index is 9.21. The summed E-state index contributed by atoms with van der Waals surface area (Å²) in [5.74, 6) is 0.356. The van der Waals surface area contributed by atoms with Gasteiger partial charge in [0.2, 0.25) is 0 Å². The lowest BCUT2D eigenvalue weighted by molar-refractivity contribution is 0.279. The molecule has 0 aliphatic carbocycles. The molecule has 0 aliphatic heterocycles. The van der Waals surface area contributed by atoms with Crippen molar-refractivity contribution in [2.24, 2.45) is 0 Å². The first-order valence-corrected chi connectivity index (χ1v) is 4.84. The van der Waals surface area contributed by atoms with E-state index >= 15 is 0 Å². The van der Waals surface area contributed by atoms with Crippen LogP contribution in [0.4, 0.5) is 0 Å². The van der Waals surface area contributed by atoms with Gasteiger partial charge in [0.15, 0.2) is 0 Å². The van der Waals surface area contributed by atoms with Crippen LogP contribution in [0.2, 0.25) is 5.02 Å². The summed E-state index contributed by atoms with van der Waals surface area (Å²) >= 11 is 6.06. The molecule has 1 aromatic rings. The maximum Gasteiger partial charge on any atom is 0.0687 e. The molecule has 1 rings (SSSR count). The van der Waals surface area contributed by atoms with Crippen molar-refractivity contribution in [1.29, 1.82) is 0 Å². The monoisotopic (exact) mass is 198 g/mol. The molecule has 0 saturated carbocycles. The van der Waals surface area contributed by atoms with Crippen molar-refractivity contribution in [3.8, 4) is 0 Å². The van der Waals surface area contributed by atoms with Gasteiger partial charge in [-0.1, -0.05) is 31.5 Å². The third kappa shape index (κ3) is 2.04. The summed E-state index contributed by atoms with van der Waals surface area (Å²) in [4.78, 5) is 0. The molecule has 13 heavy (non-hydrogen) atoms. The van der Waals surface area contributed by atoms with Crippen LogP contribution in [0.1, 0.15) is 36.5 Å². The zero-order chi connectivity index (χ0) is 10.0. The average Bonchev–Trinajstić information content (AvgIpc) is 2.07. The van der Waals surface area contributed by atoms with Gasteiger partial charge in [-0.2, -0.15) is 0 Å². The summed E-state index contributed by atoms with van der Waals surface area (Å²) in [6.45, 7) is 6.23. The maximum absolute atomic E-state index is 9.21. The lowest BCUT2D eigenvalue weighted by Crippen LogP contribution is -2.00. The van der Waals surface area contributed by atoms with E-state index in [-0.39, 0.29) is 6.61 Å². The molecule has 0 fully saturated rings. The highest BCUT2D eigenvalue weighted by Gasteiger charge is 2.12. The van der Waals surface area contributed by atoms with Gasteiger partial charge in [0.1, 0.15) is 0 Å². The lowest BCUT2D eigenvalue weighted by Gasteiger charge is -2.15. The molecule has 0 aromatic heterocycles. The Morgan fingerprint density at radius 1 is 1.38 bits per heavy atom. The second-order valence-corrected chi connectivity index (χ2v) is 3.98. The van der Waals surface area contributed by atoms with Crippen molar-refractivity contribution in [3.63, 3.8) is 0 Å². The molecule has 0 spiro atoms. The number of rotatable bonds is 2. The minimum Gasteiger partial charge on any atom is -0.392 e. The Balaban J connectivity index is 3.35. The molecule has 1 nitrogen and oxygen atoms in total. The van der Waals surface area contributed by atoms with Crippen molar-refractivity contribution >= 4 is 11.6 Å². The van der Waals surface area contributed by atoms with Crippen molar-refractivity contribution < 1.29 is 5.11 Å². The fourth-order valence-corrected chi connectivity index (χ4v) is 1.97. The summed E-state index contributed by atoms with van der Waals surface area (Å²) in [6, 6.07) is 3.84. The van der Waals surface area contributed by atoms with Gasteiger partial charge < -0.3 is 5.11 Å². The van der Waals surface area contributed by atoms with Crippen LogP contribution in [-0.2, 0) is 6.61 Å². The molecule has 0 unspecified atom stereocenters. The quantitative estimate of drug-likeness (QED) is 0.774. The molecule has 0 radical (unpaired) electrons. The molecule has 0 saturated heterocycles. The van der Waals surface area contributed by atoms with Crippen molar-refractivity contribution in [2.45, 2.75) is 33.3 Å². The lowest BCUT2D eigenvalue weighted by atomic mass is 9.94. The molecule has 0 bridgehead atoms. The number of halogens is 1. The van der Waals surface area contributed by atoms with Crippen LogP contribution in [0.25, 0.3) is 0 Å². The predicted octanol–water partition coefficient (Wildman–Crippen LogP) is 3.26. The second kappa shape index (κ2) is 4.12. The van der Waals surface area contributed by atoms with Crippen LogP contribution in [0.15, 0.2) is 12.1 Å². The Hall–Kier alpha value is -0.530. The van der Waals surface area contributed by atoms with E-state index in [1.54, 1.807) is 0 Å². The van der Waals surface area contributed by atoms with Crippen molar-refractivity contribution in [2.75, 3.05) is 0 Å². The zero-order valence-corrected chi connectivity index (χ0v) is 9.02. The van der Waals surface area contributed by atoms with Crippen LogP contribution < -0.4 is 0 Å². The van der Waals surface area contributed by atoms with E-state index in [1.165, 1.54) is 0 Å². The van der Waals surface area contributed by atoms with Gasteiger partial charge in [0.25, 0.3) is 0 Å². The third-order valence-electron chi connectivity index (χ3n) is 2.27. The minimum atomic E-state index is 0.0694. The van der Waals surface area contributed by atoms with Gasteiger partial charge in [-0.25, -0.2) is 0 Å². The fourth-order valence-electron chi connectivity index (χ4n) is 1.58. The van der Waals surface area contributed by atoms with E-state index in [1.807, 2.05) is 19.1 Å².